The molecule has 2 unspecified atom stereocenters. The lowest BCUT2D eigenvalue weighted by molar-refractivity contribution is -0.129. The van der Waals surface area contributed by atoms with Crippen molar-refractivity contribution in [2.45, 2.75) is 26.0 Å². The molecule has 116 valence electrons. The first-order valence-electron chi connectivity index (χ1n) is 6.83. The van der Waals surface area contributed by atoms with Gasteiger partial charge in [-0.05, 0) is 37.6 Å². The van der Waals surface area contributed by atoms with Gasteiger partial charge in [-0.1, -0.05) is 11.6 Å². The Balaban J connectivity index is 1.87. The molecule has 7 heteroatoms. The first-order valence-corrected chi connectivity index (χ1v) is 7.21. The van der Waals surface area contributed by atoms with Crippen molar-refractivity contribution in [2.24, 2.45) is 0 Å². The van der Waals surface area contributed by atoms with Gasteiger partial charge in [-0.15, -0.1) is 0 Å². The topological polar surface area (TPSA) is 78.9 Å². The predicted octanol–water partition coefficient (Wildman–Crippen LogP) is 1.99. The lowest BCUT2D eigenvalue weighted by atomic mass is 10.1. The molecule has 0 aliphatic carbocycles. The van der Waals surface area contributed by atoms with Crippen LogP contribution in [0.2, 0.25) is 5.02 Å². The Morgan fingerprint density at radius 3 is 2.86 bits per heavy atom. The summed E-state index contributed by atoms with van der Waals surface area (Å²) in [6.45, 7) is 3.62. The van der Waals surface area contributed by atoms with Gasteiger partial charge in [0.2, 0.25) is 0 Å². The van der Waals surface area contributed by atoms with Gasteiger partial charge in [0, 0.05) is 10.7 Å². The largest absolute Gasteiger partial charge is 0.509 e. The fourth-order valence-corrected chi connectivity index (χ4v) is 2.97. The molecule has 1 aromatic rings. The Bertz CT molecular complexity index is 701. The van der Waals surface area contributed by atoms with Gasteiger partial charge in [0.25, 0.3) is 11.8 Å². The zero-order valence-corrected chi connectivity index (χ0v) is 12.8. The van der Waals surface area contributed by atoms with E-state index >= 15 is 0 Å². The van der Waals surface area contributed by atoms with Crippen LogP contribution in [0.15, 0.2) is 29.5 Å². The van der Waals surface area contributed by atoms with E-state index in [0.717, 1.165) is 5.56 Å². The maximum absolute atomic E-state index is 12.4. The summed E-state index contributed by atoms with van der Waals surface area (Å²) in [7, 11) is 0. The summed E-state index contributed by atoms with van der Waals surface area (Å²) in [5.41, 5.74) is 1.08. The summed E-state index contributed by atoms with van der Waals surface area (Å²) in [4.78, 5) is 26.0. The van der Waals surface area contributed by atoms with Crippen molar-refractivity contribution in [2.75, 3.05) is 12.0 Å². The summed E-state index contributed by atoms with van der Waals surface area (Å²) in [5.74, 6) is -1.38. The normalized spacial score (nSPS) is 24.0. The van der Waals surface area contributed by atoms with Crippen LogP contribution in [0.3, 0.4) is 0 Å². The fourth-order valence-electron chi connectivity index (χ4n) is 2.74. The van der Waals surface area contributed by atoms with E-state index in [1.165, 1.54) is 4.90 Å². The van der Waals surface area contributed by atoms with Crippen LogP contribution in [0.5, 0.6) is 0 Å². The average Bonchev–Trinajstić information content (AvgIpc) is 2.94. The smallest absolute Gasteiger partial charge is 0.265 e. The third kappa shape index (κ3) is 2.24. The summed E-state index contributed by atoms with van der Waals surface area (Å²) in [5, 5.41) is 13.4. The molecular weight excluding hydrogens is 308 g/mol. The van der Waals surface area contributed by atoms with E-state index in [2.05, 4.69) is 5.32 Å². The molecule has 1 saturated heterocycles. The highest BCUT2D eigenvalue weighted by Crippen LogP contribution is 2.33. The first-order chi connectivity index (χ1) is 10.4. The molecule has 0 saturated carbocycles. The van der Waals surface area contributed by atoms with Crippen LogP contribution >= 0.6 is 11.6 Å². The van der Waals surface area contributed by atoms with Crippen LogP contribution in [0.1, 0.15) is 12.5 Å². The van der Waals surface area contributed by atoms with Crippen LogP contribution in [-0.4, -0.2) is 40.7 Å². The minimum atomic E-state index is -0.630. The Hall–Kier alpha value is -2.05. The van der Waals surface area contributed by atoms with Gasteiger partial charge in [0.1, 0.15) is 24.1 Å². The third-order valence-corrected chi connectivity index (χ3v) is 4.17. The molecular formula is C15H15ClN2O4. The molecule has 6 nitrogen and oxygen atoms in total. The summed E-state index contributed by atoms with van der Waals surface area (Å²) < 4.78 is 5.30. The summed E-state index contributed by atoms with van der Waals surface area (Å²) in [6.07, 6.45) is -0.341. The quantitative estimate of drug-likeness (QED) is 0.816. The Kier molecular flexibility index (Phi) is 3.58. The molecule has 2 aliphatic heterocycles. The van der Waals surface area contributed by atoms with Gasteiger partial charge in [-0.25, -0.2) is 0 Å². The number of ether oxygens (including phenoxy) is 1. The van der Waals surface area contributed by atoms with Crippen molar-refractivity contribution in [1.82, 2.24) is 4.90 Å². The van der Waals surface area contributed by atoms with Crippen molar-refractivity contribution in [1.29, 1.82) is 0 Å². The average molecular weight is 323 g/mol. The second-order valence-corrected chi connectivity index (χ2v) is 5.83. The number of fused-ring (bicyclic) bond motifs is 1. The highest BCUT2D eigenvalue weighted by molar-refractivity contribution is 6.31. The number of nitrogens with one attached hydrogen (secondary N) is 1. The fraction of sp³-hybridized carbons (Fsp3) is 0.333. The maximum atomic E-state index is 12.4. The Labute approximate surface area is 132 Å². The second kappa shape index (κ2) is 5.30. The van der Waals surface area contributed by atoms with E-state index in [0.29, 0.717) is 10.7 Å². The number of carbonyl (C=O) groups excluding carboxylic acids is 2. The maximum Gasteiger partial charge on any atom is 0.265 e. The molecule has 0 aromatic heterocycles. The number of carbonyl (C=O) groups is 2. The monoisotopic (exact) mass is 322 g/mol. The van der Waals surface area contributed by atoms with Gasteiger partial charge in [-0.3, -0.25) is 9.59 Å². The molecule has 0 spiro atoms. The third-order valence-electron chi connectivity index (χ3n) is 3.93. The zero-order valence-electron chi connectivity index (χ0n) is 12.1. The molecule has 2 amide bonds. The highest BCUT2D eigenvalue weighted by Gasteiger charge is 2.49. The van der Waals surface area contributed by atoms with E-state index in [1.807, 2.05) is 0 Å². The van der Waals surface area contributed by atoms with Gasteiger partial charge in [0.15, 0.2) is 0 Å². The van der Waals surface area contributed by atoms with Crippen LogP contribution in [-0.2, 0) is 14.3 Å². The molecule has 3 rings (SSSR count). The van der Waals surface area contributed by atoms with E-state index in [1.54, 1.807) is 32.0 Å². The Morgan fingerprint density at radius 2 is 2.23 bits per heavy atom. The molecule has 2 aliphatic rings. The molecule has 2 atom stereocenters. The minimum Gasteiger partial charge on any atom is -0.509 e. The molecule has 0 radical (unpaired) electrons. The number of amides is 2. The lowest BCUT2D eigenvalue weighted by Gasteiger charge is -2.14. The molecule has 2 heterocycles. The molecule has 2 N–H and O–H groups in total. The summed E-state index contributed by atoms with van der Waals surface area (Å²) >= 11 is 5.87. The van der Waals surface area contributed by atoms with Gasteiger partial charge in [0.05, 0.1) is 6.10 Å². The number of rotatable bonds is 2. The SMILES string of the molecule is Cc1cc(Cl)ccc1NC(=O)C1=C(O)C2C(C)OCN2C1=O. The van der Waals surface area contributed by atoms with Gasteiger partial charge < -0.3 is 20.1 Å². The predicted molar refractivity (Wildman–Crippen MR) is 80.5 cm³/mol. The van der Waals surface area contributed by atoms with Crippen LogP contribution < -0.4 is 5.32 Å². The lowest BCUT2D eigenvalue weighted by Crippen LogP contribution is -2.34. The molecule has 0 bridgehead atoms. The van der Waals surface area contributed by atoms with Gasteiger partial charge >= 0.3 is 0 Å². The Morgan fingerprint density at radius 1 is 1.50 bits per heavy atom. The molecule has 1 fully saturated rings. The van der Waals surface area contributed by atoms with Crippen LogP contribution in [0, 0.1) is 6.92 Å². The molecule has 1 aromatic carbocycles. The second-order valence-electron chi connectivity index (χ2n) is 5.39. The zero-order chi connectivity index (χ0) is 16.0. The number of nitrogens with zero attached hydrogens (tertiary/aromatic N) is 1. The van der Waals surface area contributed by atoms with Gasteiger partial charge in [-0.2, -0.15) is 0 Å². The van der Waals surface area contributed by atoms with E-state index in [9.17, 15) is 14.7 Å². The number of hydrogen-bond acceptors (Lipinski definition) is 4. The molecule has 22 heavy (non-hydrogen) atoms. The highest BCUT2D eigenvalue weighted by atomic mass is 35.5. The van der Waals surface area contributed by atoms with E-state index < -0.39 is 17.9 Å². The number of anilines is 1. The van der Waals surface area contributed by atoms with E-state index in [-0.39, 0.29) is 24.2 Å². The number of halogens is 1. The first kappa shape index (κ1) is 14.9. The number of aliphatic hydroxyl groups excluding tert-OH is 1. The van der Waals surface area contributed by atoms with Crippen molar-refractivity contribution < 1.29 is 19.4 Å². The minimum absolute atomic E-state index is 0.0749. The van der Waals surface area contributed by atoms with Crippen molar-refractivity contribution in [3.05, 3.63) is 40.1 Å². The van der Waals surface area contributed by atoms with Crippen molar-refractivity contribution >= 4 is 29.1 Å². The van der Waals surface area contributed by atoms with Crippen LogP contribution in [0.4, 0.5) is 5.69 Å². The van der Waals surface area contributed by atoms with Crippen molar-refractivity contribution in [3.63, 3.8) is 0 Å². The number of hydrogen-bond donors (Lipinski definition) is 2. The number of aliphatic hydroxyl groups is 1. The number of benzene rings is 1. The van der Waals surface area contributed by atoms with Crippen LogP contribution in [0.25, 0.3) is 0 Å². The van der Waals surface area contributed by atoms with Crippen molar-refractivity contribution in [3.8, 4) is 0 Å². The van der Waals surface area contributed by atoms with E-state index in [4.69, 9.17) is 16.3 Å². The number of aryl methyl sites for hydroxylation is 1. The summed E-state index contributed by atoms with van der Waals surface area (Å²) in [6, 6.07) is 4.41. The standard InChI is InChI=1S/C15H15ClN2O4/c1-7-5-9(16)3-4-10(7)17-14(20)11-13(19)12-8(2)22-6-18(12)15(11)21/h3-5,8,12,19H,6H2,1-2H3,(H,17,20).